The van der Waals surface area contributed by atoms with Crippen molar-refractivity contribution in [2.75, 3.05) is 20.1 Å². The summed E-state index contributed by atoms with van der Waals surface area (Å²) >= 11 is 0. The number of carbonyl (C=O) groups is 1. The zero-order valence-corrected chi connectivity index (χ0v) is 13.4. The average Bonchev–Trinajstić information content (AvgIpc) is 3.14. The first kappa shape index (κ1) is 15.6. The third kappa shape index (κ3) is 3.71. The summed E-state index contributed by atoms with van der Waals surface area (Å²) in [5, 5.41) is 3.30. The van der Waals surface area contributed by atoms with Gasteiger partial charge in [-0.25, -0.2) is 0 Å². The van der Waals surface area contributed by atoms with E-state index in [4.69, 9.17) is 4.74 Å². The van der Waals surface area contributed by atoms with Gasteiger partial charge in [0.2, 0.25) is 0 Å². The van der Waals surface area contributed by atoms with Crippen molar-refractivity contribution in [3.63, 3.8) is 0 Å². The number of hydrogen-bond acceptors (Lipinski definition) is 3. The molecule has 120 valence electrons. The van der Waals surface area contributed by atoms with E-state index in [2.05, 4.69) is 5.32 Å². The van der Waals surface area contributed by atoms with Gasteiger partial charge in [0, 0.05) is 19.6 Å². The van der Waals surface area contributed by atoms with E-state index >= 15 is 0 Å². The molecule has 23 heavy (non-hydrogen) atoms. The maximum absolute atomic E-state index is 12.8. The van der Waals surface area contributed by atoms with E-state index in [1.807, 2.05) is 66.5 Å². The molecule has 1 fully saturated rings. The predicted octanol–water partition coefficient (Wildman–Crippen LogP) is 2.70. The summed E-state index contributed by atoms with van der Waals surface area (Å²) in [6, 6.07) is 17.7. The van der Waals surface area contributed by atoms with Gasteiger partial charge in [-0.1, -0.05) is 42.5 Å². The van der Waals surface area contributed by atoms with Crippen LogP contribution in [0.3, 0.4) is 0 Å². The van der Waals surface area contributed by atoms with Crippen molar-refractivity contribution in [2.45, 2.75) is 19.1 Å². The summed E-state index contributed by atoms with van der Waals surface area (Å²) in [5.41, 5.74) is 1.71. The number of nitrogens with one attached hydrogen (secondary N) is 1. The van der Waals surface area contributed by atoms with Gasteiger partial charge in [-0.3, -0.25) is 4.79 Å². The van der Waals surface area contributed by atoms with Gasteiger partial charge in [0.05, 0.1) is 5.56 Å². The van der Waals surface area contributed by atoms with Crippen LogP contribution >= 0.6 is 0 Å². The van der Waals surface area contributed by atoms with Crippen LogP contribution in [0.4, 0.5) is 0 Å². The predicted molar refractivity (Wildman–Crippen MR) is 90.6 cm³/mol. The Morgan fingerprint density at radius 1 is 1.17 bits per heavy atom. The number of nitrogens with zero attached hydrogens (tertiary/aromatic N) is 1. The molecule has 0 aliphatic carbocycles. The molecule has 3 rings (SSSR count). The Hall–Kier alpha value is -2.33. The normalized spacial score (nSPS) is 17.0. The maximum atomic E-state index is 12.8. The summed E-state index contributed by atoms with van der Waals surface area (Å²) in [6.45, 7) is 2.28. The summed E-state index contributed by atoms with van der Waals surface area (Å²) in [6.07, 6.45) is 0.995. The number of likely N-dealkylation sites (N-methyl/N-ethyl adjacent to an activating group) is 1. The monoisotopic (exact) mass is 310 g/mol. The molecule has 0 aromatic heterocycles. The van der Waals surface area contributed by atoms with E-state index in [1.54, 1.807) is 0 Å². The van der Waals surface area contributed by atoms with Crippen LogP contribution in [0.15, 0.2) is 54.6 Å². The molecule has 1 amide bonds. The number of rotatable bonds is 5. The molecule has 1 atom stereocenters. The fourth-order valence-electron chi connectivity index (χ4n) is 2.83. The highest BCUT2D eigenvalue weighted by atomic mass is 16.5. The minimum atomic E-state index is 0.0161. The Balaban J connectivity index is 1.73. The van der Waals surface area contributed by atoms with Crippen LogP contribution in [0.5, 0.6) is 5.75 Å². The van der Waals surface area contributed by atoms with Crippen molar-refractivity contribution in [2.24, 2.45) is 0 Å². The molecule has 0 saturated carbocycles. The molecule has 1 heterocycles. The number of hydrogen-bond donors (Lipinski definition) is 1. The van der Waals surface area contributed by atoms with Gasteiger partial charge in [0.1, 0.15) is 12.4 Å². The van der Waals surface area contributed by atoms with Crippen LogP contribution in [0.1, 0.15) is 22.3 Å². The molecule has 1 N–H and O–H groups in total. The van der Waals surface area contributed by atoms with Gasteiger partial charge >= 0.3 is 0 Å². The molecule has 1 saturated heterocycles. The lowest BCUT2D eigenvalue weighted by Gasteiger charge is -2.24. The summed E-state index contributed by atoms with van der Waals surface area (Å²) in [7, 11) is 1.87. The van der Waals surface area contributed by atoms with E-state index in [1.165, 1.54) is 0 Å². The Bertz CT molecular complexity index is 651. The number of para-hydroxylation sites is 1. The maximum Gasteiger partial charge on any atom is 0.257 e. The zero-order valence-electron chi connectivity index (χ0n) is 13.4. The number of benzene rings is 2. The van der Waals surface area contributed by atoms with Crippen LogP contribution in [-0.2, 0) is 6.61 Å². The topological polar surface area (TPSA) is 41.6 Å². The molecule has 0 spiro atoms. The van der Waals surface area contributed by atoms with Gasteiger partial charge in [-0.2, -0.15) is 0 Å². The standard InChI is InChI=1S/C19H22N2O2/c1-21(16-11-12-20-13-16)19(22)17-9-5-6-10-18(17)23-14-15-7-3-2-4-8-15/h2-10,16,20H,11-14H2,1H3/t16-/m0/s1. The lowest BCUT2D eigenvalue weighted by atomic mass is 10.1. The second kappa shape index (κ2) is 7.29. The van der Waals surface area contributed by atoms with E-state index in [0.717, 1.165) is 25.1 Å². The van der Waals surface area contributed by atoms with Crippen molar-refractivity contribution in [1.29, 1.82) is 0 Å². The second-order valence-electron chi connectivity index (χ2n) is 5.83. The first-order valence-electron chi connectivity index (χ1n) is 7.99. The molecular weight excluding hydrogens is 288 g/mol. The number of amides is 1. The first-order valence-corrected chi connectivity index (χ1v) is 7.99. The fourth-order valence-corrected chi connectivity index (χ4v) is 2.83. The summed E-state index contributed by atoms with van der Waals surface area (Å²) in [4.78, 5) is 14.6. The highest BCUT2D eigenvalue weighted by molar-refractivity contribution is 5.97. The molecule has 0 bridgehead atoms. The van der Waals surface area contributed by atoms with Gasteiger partial charge in [-0.15, -0.1) is 0 Å². The molecule has 4 heteroatoms. The molecule has 2 aromatic rings. The molecule has 0 unspecified atom stereocenters. The molecule has 0 radical (unpaired) electrons. The van der Waals surface area contributed by atoms with Crippen LogP contribution < -0.4 is 10.1 Å². The largest absolute Gasteiger partial charge is 0.488 e. The Morgan fingerprint density at radius 2 is 1.91 bits per heavy atom. The van der Waals surface area contributed by atoms with Gasteiger partial charge in [0.25, 0.3) is 5.91 Å². The van der Waals surface area contributed by atoms with Gasteiger partial charge in [-0.05, 0) is 30.7 Å². The molecule has 2 aromatic carbocycles. The highest BCUT2D eigenvalue weighted by Crippen LogP contribution is 2.22. The van der Waals surface area contributed by atoms with Gasteiger partial charge in [0.15, 0.2) is 0 Å². The third-order valence-corrected chi connectivity index (χ3v) is 4.26. The smallest absolute Gasteiger partial charge is 0.257 e. The lowest BCUT2D eigenvalue weighted by molar-refractivity contribution is 0.0739. The first-order chi connectivity index (χ1) is 11.3. The van der Waals surface area contributed by atoms with Crippen molar-refractivity contribution in [3.8, 4) is 5.75 Å². The average molecular weight is 310 g/mol. The zero-order chi connectivity index (χ0) is 16.1. The van der Waals surface area contributed by atoms with E-state index in [0.29, 0.717) is 17.9 Å². The van der Waals surface area contributed by atoms with E-state index < -0.39 is 0 Å². The third-order valence-electron chi connectivity index (χ3n) is 4.26. The summed E-state index contributed by atoms with van der Waals surface area (Å²) in [5.74, 6) is 0.654. The second-order valence-corrected chi connectivity index (χ2v) is 5.83. The molecule has 1 aliphatic rings. The Labute approximate surface area is 137 Å². The minimum absolute atomic E-state index is 0.0161. The van der Waals surface area contributed by atoms with Crippen LogP contribution in [0, 0.1) is 0 Å². The van der Waals surface area contributed by atoms with E-state index in [-0.39, 0.29) is 11.9 Å². The molecule has 1 aliphatic heterocycles. The highest BCUT2D eigenvalue weighted by Gasteiger charge is 2.25. The van der Waals surface area contributed by atoms with E-state index in [9.17, 15) is 4.79 Å². The molecule has 4 nitrogen and oxygen atoms in total. The van der Waals surface area contributed by atoms with Crippen molar-refractivity contribution >= 4 is 5.91 Å². The number of ether oxygens (including phenoxy) is 1. The van der Waals surface area contributed by atoms with Crippen LogP contribution in [0.25, 0.3) is 0 Å². The fraction of sp³-hybridized carbons (Fsp3) is 0.316. The van der Waals surface area contributed by atoms with Gasteiger partial charge < -0.3 is 15.0 Å². The number of carbonyl (C=O) groups excluding carboxylic acids is 1. The van der Waals surface area contributed by atoms with Crippen molar-refractivity contribution in [3.05, 3.63) is 65.7 Å². The Kier molecular flexibility index (Phi) is 4.93. The van der Waals surface area contributed by atoms with Crippen molar-refractivity contribution < 1.29 is 9.53 Å². The molecular formula is C19H22N2O2. The van der Waals surface area contributed by atoms with Crippen molar-refractivity contribution in [1.82, 2.24) is 10.2 Å². The quantitative estimate of drug-likeness (QED) is 0.923. The Morgan fingerprint density at radius 3 is 2.65 bits per heavy atom. The SMILES string of the molecule is CN(C(=O)c1ccccc1OCc1ccccc1)[C@H]1CCNC1. The minimum Gasteiger partial charge on any atom is -0.488 e. The summed E-state index contributed by atoms with van der Waals surface area (Å²) < 4.78 is 5.89. The van der Waals surface area contributed by atoms with Crippen LogP contribution in [-0.4, -0.2) is 37.0 Å². The van der Waals surface area contributed by atoms with Crippen LogP contribution in [0.2, 0.25) is 0 Å². The lowest BCUT2D eigenvalue weighted by Crippen LogP contribution is -2.38.